The summed E-state index contributed by atoms with van der Waals surface area (Å²) in [7, 11) is 0. The van der Waals surface area contributed by atoms with Gasteiger partial charge in [0, 0.05) is 12.1 Å². The summed E-state index contributed by atoms with van der Waals surface area (Å²) in [4.78, 5) is 24.4. The van der Waals surface area contributed by atoms with Crippen molar-refractivity contribution in [3.05, 3.63) is 51.9 Å². The number of rotatable bonds is 5. The highest BCUT2D eigenvalue weighted by atomic mass is 16.2. The molecule has 0 saturated heterocycles. The summed E-state index contributed by atoms with van der Waals surface area (Å²) in [6.45, 7) is 3.79. The second-order valence-electron chi connectivity index (χ2n) is 4.61. The number of hydrogen-bond acceptors (Lipinski definition) is 2. The molecule has 1 heterocycles. The Kier molecular flexibility index (Phi) is 4.00. The summed E-state index contributed by atoms with van der Waals surface area (Å²) in [6.07, 6.45) is 2.19. The van der Waals surface area contributed by atoms with E-state index in [1.165, 1.54) is 4.68 Å². The fourth-order valence-corrected chi connectivity index (χ4v) is 2.10. The summed E-state index contributed by atoms with van der Waals surface area (Å²) in [5.74, 6) is -0.0738. The molecule has 1 aromatic heterocycles. The number of unbranched alkanes of at least 4 members (excludes halogenated alkanes) is 1. The molecular weight excluding hydrogens is 240 g/mol. The SMILES string of the molecule is CCCCC(=O)c1c(C)[nH]n(-c2ccccc2)c1=O. The number of nitrogens with zero attached hydrogens (tertiary/aromatic N) is 1. The molecule has 0 amide bonds. The van der Waals surface area contributed by atoms with Crippen LogP contribution in [0.2, 0.25) is 0 Å². The number of carbonyl (C=O) groups is 1. The number of nitrogens with one attached hydrogen (secondary N) is 1. The van der Waals surface area contributed by atoms with Crippen LogP contribution in [0, 0.1) is 6.92 Å². The Bertz CT molecular complexity index is 623. The second-order valence-corrected chi connectivity index (χ2v) is 4.61. The maximum absolute atomic E-state index is 12.3. The van der Waals surface area contributed by atoms with Crippen molar-refractivity contribution in [1.29, 1.82) is 0 Å². The van der Waals surface area contributed by atoms with Gasteiger partial charge in [0.2, 0.25) is 0 Å². The van der Waals surface area contributed by atoms with Crippen LogP contribution in [-0.2, 0) is 0 Å². The van der Waals surface area contributed by atoms with Crippen molar-refractivity contribution in [3.63, 3.8) is 0 Å². The Balaban J connectivity index is 2.41. The highest BCUT2D eigenvalue weighted by Gasteiger charge is 2.18. The Hall–Kier alpha value is -2.10. The van der Waals surface area contributed by atoms with E-state index in [4.69, 9.17) is 0 Å². The van der Waals surface area contributed by atoms with Crippen LogP contribution in [0.5, 0.6) is 0 Å². The van der Waals surface area contributed by atoms with E-state index in [1.807, 2.05) is 37.3 Å². The van der Waals surface area contributed by atoms with Gasteiger partial charge in [-0.3, -0.25) is 14.7 Å². The number of para-hydroxylation sites is 1. The fraction of sp³-hybridized carbons (Fsp3) is 0.333. The summed E-state index contributed by atoms with van der Waals surface area (Å²) in [5, 5.41) is 2.97. The minimum Gasteiger partial charge on any atom is -0.295 e. The zero-order valence-electron chi connectivity index (χ0n) is 11.3. The highest BCUT2D eigenvalue weighted by molar-refractivity contribution is 5.96. The molecule has 2 aromatic rings. The normalized spacial score (nSPS) is 10.6. The first-order valence-electron chi connectivity index (χ1n) is 6.55. The molecule has 2 rings (SSSR count). The molecule has 0 aliphatic rings. The predicted molar refractivity (Wildman–Crippen MR) is 75.0 cm³/mol. The molecule has 0 unspecified atom stereocenters. The van der Waals surface area contributed by atoms with Gasteiger partial charge in [0.25, 0.3) is 5.56 Å². The third-order valence-electron chi connectivity index (χ3n) is 3.12. The van der Waals surface area contributed by atoms with Gasteiger partial charge in [0.1, 0.15) is 5.56 Å². The highest BCUT2D eigenvalue weighted by Crippen LogP contribution is 2.10. The molecule has 4 nitrogen and oxygen atoms in total. The van der Waals surface area contributed by atoms with Gasteiger partial charge in [0.05, 0.1) is 5.69 Å². The first-order valence-corrected chi connectivity index (χ1v) is 6.55. The van der Waals surface area contributed by atoms with Crippen LogP contribution in [0.25, 0.3) is 5.69 Å². The number of aromatic nitrogens is 2. The molecule has 0 spiro atoms. The maximum Gasteiger partial charge on any atom is 0.282 e. The van der Waals surface area contributed by atoms with Crippen LogP contribution < -0.4 is 5.56 Å². The van der Waals surface area contributed by atoms with Gasteiger partial charge in [-0.05, 0) is 25.5 Å². The number of ketones is 1. The predicted octanol–water partition coefficient (Wildman–Crippen LogP) is 2.85. The molecule has 0 aliphatic heterocycles. The molecule has 0 aliphatic carbocycles. The first kappa shape index (κ1) is 13.3. The molecule has 100 valence electrons. The van der Waals surface area contributed by atoms with Crippen molar-refractivity contribution in [2.75, 3.05) is 0 Å². The lowest BCUT2D eigenvalue weighted by atomic mass is 10.1. The molecule has 0 bridgehead atoms. The van der Waals surface area contributed by atoms with Crippen LogP contribution in [0.15, 0.2) is 35.1 Å². The van der Waals surface area contributed by atoms with Crippen LogP contribution >= 0.6 is 0 Å². The number of carbonyl (C=O) groups excluding carboxylic acids is 1. The molecular formula is C15H18N2O2. The zero-order chi connectivity index (χ0) is 13.8. The lowest BCUT2D eigenvalue weighted by Crippen LogP contribution is -2.20. The van der Waals surface area contributed by atoms with Crippen molar-refractivity contribution in [2.24, 2.45) is 0 Å². The number of aromatic amines is 1. The van der Waals surface area contributed by atoms with E-state index in [9.17, 15) is 9.59 Å². The van der Waals surface area contributed by atoms with Gasteiger partial charge in [-0.1, -0.05) is 31.5 Å². The largest absolute Gasteiger partial charge is 0.295 e. The van der Waals surface area contributed by atoms with E-state index in [0.717, 1.165) is 18.5 Å². The summed E-state index contributed by atoms with van der Waals surface area (Å²) in [6, 6.07) is 9.26. The van der Waals surface area contributed by atoms with Crippen LogP contribution in [0.4, 0.5) is 0 Å². The van der Waals surface area contributed by atoms with Gasteiger partial charge in [-0.2, -0.15) is 0 Å². The van der Waals surface area contributed by atoms with Gasteiger partial charge in [-0.25, -0.2) is 4.68 Å². The Morgan fingerprint density at radius 3 is 2.58 bits per heavy atom. The van der Waals surface area contributed by atoms with Crippen LogP contribution in [0.1, 0.15) is 42.2 Å². The van der Waals surface area contributed by atoms with E-state index in [0.29, 0.717) is 12.1 Å². The molecule has 0 radical (unpaired) electrons. The lowest BCUT2D eigenvalue weighted by molar-refractivity contribution is 0.0978. The first-order chi connectivity index (χ1) is 9.15. The molecule has 19 heavy (non-hydrogen) atoms. The monoisotopic (exact) mass is 258 g/mol. The number of Topliss-reactive ketones (excluding diaryl/α,β-unsaturated/α-hetero) is 1. The Morgan fingerprint density at radius 2 is 1.95 bits per heavy atom. The van der Waals surface area contributed by atoms with E-state index in [2.05, 4.69) is 5.10 Å². The molecule has 1 aromatic carbocycles. The van der Waals surface area contributed by atoms with Crippen molar-refractivity contribution in [3.8, 4) is 5.69 Å². The molecule has 4 heteroatoms. The van der Waals surface area contributed by atoms with Crippen LogP contribution in [0.3, 0.4) is 0 Å². The molecule has 1 N–H and O–H groups in total. The zero-order valence-corrected chi connectivity index (χ0v) is 11.3. The summed E-state index contributed by atoms with van der Waals surface area (Å²) < 4.78 is 1.43. The number of benzene rings is 1. The van der Waals surface area contributed by atoms with Gasteiger partial charge >= 0.3 is 0 Å². The third-order valence-corrected chi connectivity index (χ3v) is 3.12. The summed E-state index contributed by atoms with van der Waals surface area (Å²) >= 11 is 0. The van der Waals surface area contributed by atoms with Gasteiger partial charge in [-0.15, -0.1) is 0 Å². The number of H-pyrrole nitrogens is 1. The van der Waals surface area contributed by atoms with Crippen molar-refractivity contribution in [2.45, 2.75) is 33.1 Å². The summed E-state index contributed by atoms with van der Waals surface area (Å²) in [5.41, 5.74) is 1.40. The smallest absolute Gasteiger partial charge is 0.282 e. The average Bonchev–Trinajstić information content (AvgIpc) is 2.72. The minimum atomic E-state index is -0.259. The molecule has 0 atom stereocenters. The van der Waals surface area contributed by atoms with E-state index >= 15 is 0 Å². The van der Waals surface area contributed by atoms with E-state index in [1.54, 1.807) is 6.92 Å². The van der Waals surface area contributed by atoms with Crippen LogP contribution in [-0.4, -0.2) is 15.6 Å². The van der Waals surface area contributed by atoms with Gasteiger partial charge < -0.3 is 0 Å². The number of aryl methyl sites for hydroxylation is 1. The molecule has 0 fully saturated rings. The van der Waals surface area contributed by atoms with Gasteiger partial charge in [0.15, 0.2) is 5.78 Å². The standard InChI is InChI=1S/C15H18N2O2/c1-3-4-10-13(18)14-11(2)16-17(15(14)19)12-8-6-5-7-9-12/h5-9,16H,3-4,10H2,1-2H3. The molecule has 0 saturated carbocycles. The third kappa shape index (κ3) is 2.67. The second kappa shape index (κ2) is 5.69. The average molecular weight is 258 g/mol. The maximum atomic E-state index is 12.3. The number of hydrogen-bond donors (Lipinski definition) is 1. The quantitative estimate of drug-likeness (QED) is 0.838. The Morgan fingerprint density at radius 1 is 1.26 bits per heavy atom. The minimum absolute atomic E-state index is 0.0738. The Labute approximate surface area is 112 Å². The topological polar surface area (TPSA) is 54.9 Å². The van der Waals surface area contributed by atoms with E-state index < -0.39 is 0 Å². The fourth-order valence-electron chi connectivity index (χ4n) is 2.10. The van der Waals surface area contributed by atoms with Crippen molar-refractivity contribution in [1.82, 2.24) is 9.78 Å². The van der Waals surface area contributed by atoms with Crippen molar-refractivity contribution >= 4 is 5.78 Å². The van der Waals surface area contributed by atoms with E-state index in [-0.39, 0.29) is 16.9 Å². The lowest BCUT2D eigenvalue weighted by Gasteiger charge is -1.99. The van der Waals surface area contributed by atoms with Crippen molar-refractivity contribution < 1.29 is 4.79 Å².